The number of rotatable bonds is 9. The van der Waals surface area contributed by atoms with Gasteiger partial charge >= 0.3 is 0 Å². The van der Waals surface area contributed by atoms with Crippen LogP contribution in [0.4, 0.5) is 0 Å². The van der Waals surface area contributed by atoms with Crippen LogP contribution in [0.1, 0.15) is 36.0 Å². The predicted molar refractivity (Wildman–Crippen MR) is 121 cm³/mol. The number of hydrogen-bond donors (Lipinski definition) is 0. The van der Waals surface area contributed by atoms with Gasteiger partial charge in [-0.05, 0) is 49.1 Å². The van der Waals surface area contributed by atoms with Crippen molar-refractivity contribution >= 4 is 23.0 Å². The molecule has 3 heterocycles. The summed E-state index contributed by atoms with van der Waals surface area (Å²) < 4.78 is 11.1. The molecule has 1 fully saturated rings. The fraction of sp³-hybridized carbons (Fsp3) is 0.391. The van der Waals surface area contributed by atoms with Gasteiger partial charge in [-0.2, -0.15) is 4.98 Å². The first-order valence-electron chi connectivity index (χ1n) is 10.7. The zero-order chi connectivity index (χ0) is 22.3. The standard InChI is InChI=1S/C23H26N4O4S/c1-17(28)18-6-8-19(9-7-18)30-14-2-5-22(29)27-12-10-26(11-13-27)16-21-24-23(25-31-21)20-4-3-15-32-20/h3-4,6-9,15H,2,5,10-14,16H2,1H3. The fourth-order valence-corrected chi connectivity index (χ4v) is 4.18. The maximum atomic E-state index is 12.5. The molecule has 0 atom stereocenters. The van der Waals surface area contributed by atoms with Gasteiger partial charge in [-0.25, -0.2) is 0 Å². The molecule has 0 N–H and O–H groups in total. The summed E-state index contributed by atoms with van der Waals surface area (Å²) in [4.78, 5) is 33.4. The summed E-state index contributed by atoms with van der Waals surface area (Å²) in [5.74, 6) is 2.11. The predicted octanol–water partition coefficient (Wildman–Crippen LogP) is 3.50. The van der Waals surface area contributed by atoms with E-state index in [0.717, 1.165) is 18.0 Å². The zero-order valence-corrected chi connectivity index (χ0v) is 18.8. The van der Waals surface area contributed by atoms with Crippen LogP contribution in [0.2, 0.25) is 0 Å². The van der Waals surface area contributed by atoms with E-state index >= 15 is 0 Å². The first kappa shape index (κ1) is 22.2. The number of aromatic nitrogens is 2. The molecule has 0 bridgehead atoms. The van der Waals surface area contributed by atoms with E-state index in [0.29, 0.717) is 62.1 Å². The third-order valence-corrected chi connectivity index (χ3v) is 6.22. The van der Waals surface area contributed by atoms with Crippen molar-refractivity contribution < 1.29 is 18.8 Å². The highest BCUT2D eigenvalue weighted by atomic mass is 32.1. The van der Waals surface area contributed by atoms with Crippen molar-refractivity contribution in [3.63, 3.8) is 0 Å². The minimum atomic E-state index is 0.0301. The van der Waals surface area contributed by atoms with E-state index < -0.39 is 0 Å². The molecule has 0 aliphatic carbocycles. The Morgan fingerprint density at radius 2 is 1.91 bits per heavy atom. The van der Waals surface area contributed by atoms with Gasteiger partial charge in [-0.1, -0.05) is 11.2 Å². The second-order valence-corrected chi connectivity index (χ2v) is 8.63. The van der Waals surface area contributed by atoms with Crippen molar-refractivity contribution in [3.8, 4) is 16.5 Å². The molecule has 168 valence electrons. The van der Waals surface area contributed by atoms with E-state index in [9.17, 15) is 9.59 Å². The SMILES string of the molecule is CC(=O)c1ccc(OCCCC(=O)N2CCN(Cc3nc(-c4cccs4)no3)CC2)cc1. The van der Waals surface area contributed by atoms with E-state index in [1.165, 1.54) is 6.92 Å². The van der Waals surface area contributed by atoms with Crippen LogP contribution in [0.15, 0.2) is 46.3 Å². The van der Waals surface area contributed by atoms with E-state index in [-0.39, 0.29) is 11.7 Å². The Bertz CT molecular complexity index is 1020. The fourth-order valence-electron chi connectivity index (χ4n) is 3.53. The lowest BCUT2D eigenvalue weighted by Crippen LogP contribution is -2.48. The molecule has 2 aromatic heterocycles. The van der Waals surface area contributed by atoms with E-state index in [1.54, 1.807) is 35.6 Å². The molecule has 1 aromatic carbocycles. The number of nitrogens with zero attached hydrogens (tertiary/aromatic N) is 4. The minimum Gasteiger partial charge on any atom is -0.494 e. The minimum absolute atomic E-state index is 0.0301. The average Bonchev–Trinajstić information content (AvgIpc) is 3.49. The molecule has 32 heavy (non-hydrogen) atoms. The number of ketones is 1. The number of carbonyl (C=O) groups excluding carboxylic acids is 2. The van der Waals surface area contributed by atoms with Gasteiger partial charge in [-0.3, -0.25) is 14.5 Å². The monoisotopic (exact) mass is 454 g/mol. The Hall–Kier alpha value is -3.04. The molecule has 8 nitrogen and oxygen atoms in total. The van der Waals surface area contributed by atoms with Crippen LogP contribution in [-0.2, 0) is 11.3 Å². The maximum Gasteiger partial charge on any atom is 0.241 e. The van der Waals surface area contributed by atoms with Crippen LogP contribution in [0.3, 0.4) is 0 Å². The van der Waals surface area contributed by atoms with Gasteiger partial charge in [0.1, 0.15) is 5.75 Å². The van der Waals surface area contributed by atoms with Gasteiger partial charge in [0, 0.05) is 38.2 Å². The molecule has 0 spiro atoms. The first-order chi connectivity index (χ1) is 15.6. The second-order valence-electron chi connectivity index (χ2n) is 7.68. The third kappa shape index (κ3) is 5.80. The highest BCUT2D eigenvalue weighted by Crippen LogP contribution is 2.22. The highest BCUT2D eigenvalue weighted by molar-refractivity contribution is 7.13. The summed E-state index contributed by atoms with van der Waals surface area (Å²) in [6, 6.07) is 11.0. The highest BCUT2D eigenvalue weighted by Gasteiger charge is 2.22. The maximum absolute atomic E-state index is 12.5. The van der Waals surface area contributed by atoms with E-state index in [2.05, 4.69) is 15.0 Å². The van der Waals surface area contributed by atoms with E-state index in [1.807, 2.05) is 22.4 Å². The second kappa shape index (κ2) is 10.5. The summed E-state index contributed by atoms with van der Waals surface area (Å²) in [5.41, 5.74) is 0.661. The quantitative estimate of drug-likeness (QED) is 0.361. The van der Waals surface area contributed by atoms with Crippen LogP contribution < -0.4 is 4.74 Å². The summed E-state index contributed by atoms with van der Waals surface area (Å²) in [7, 11) is 0. The molecular formula is C23H26N4O4S. The van der Waals surface area contributed by atoms with Crippen LogP contribution in [-0.4, -0.2) is 64.4 Å². The van der Waals surface area contributed by atoms with Gasteiger partial charge in [0.25, 0.3) is 0 Å². The lowest BCUT2D eigenvalue weighted by Gasteiger charge is -2.34. The van der Waals surface area contributed by atoms with Gasteiger partial charge < -0.3 is 14.2 Å². The molecule has 1 amide bonds. The number of carbonyl (C=O) groups is 2. The van der Waals surface area contributed by atoms with Crippen LogP contribution >= 0.6 is 11.3 Å². The van der Waals surface area contributed by atoms with E-state index in [4.69, 9.17) is 9.26 Å². The number of thiophene rings is 1. The van der Waals surface area contributed by atoms with Crippen LogP contribution in [0.25, 0.3) is 10.7 Å². The lowest BCUT2D eigenvalue weighted by molar-refractivity contribution is -0.133. The third-order valence-electron chi connectivity index (χ3n) is 5.36. The molecule has 0 radical (unpaired) electrons. The van der Waals surface area contributed by atoms with Gasteiger partial charge in [-0.15, -0.1) is 11.3 Å². The Kier molecular flexibility index (Phi) is 7.28. The molecule has 0 unspecified atom stereocenters. The summed E-state index contributed by atoms with van der Waals surface area (Å²) >= 11 is 1.58. The zero-order valence-electron chi connectivity index (χ0n) is 18.0. The Labute approximate surface area is 190 Å². The summed E-state index contributed by atoms with van der Waals surface area (Å²) in [6.45, 7) is 5.54. The van der Waals surface area contributed by atoms with Crippen LogP contribution in [0.5, 0.6) is 5.75 Å². The van der Waals surface area contributed by atoms with Crippen molar-refractivity contribution in [2.75, 3.05) is 32.8 Å². The molecule has 9 heteroatoms. The molecule has 4 rings (SSSR count). The number of benzene rings is 1. The smallest absolute Gasteiger partial charge is 0.241 e. The van der Waals surface area contributed by atoms with Gasteiger partial charge in [0.2, 0.25) is 17.6 Å². The van der Waals surface area contributed by atoms with Crippen LogP contribution in [0, 0.1) is 0 Å². The van der Waals surface area contributed by atoms with Crippen molar-refractivity contribution in [2.24, 2.45) is 0 Å². The largest absolute Gasteiger partial charge is 0.494 e. The molecule has 1 aliphatic rings. The first-order valence-corrected chi connectivity index (χ1v) is 11.6. The normalized spacial score (nSPS) is 14.5. The molecule has 0 saturated carbocycles. The number of Topliss-reactive ketones (excluding diaryl/α,β-unsaturated/α-hetero) is 1. The van der Waals surface area contributed by atoms with Crippen molar-refractivity contribution in [1.82, 2.24) is 19.9 Å². The number of hydrogen-bond acceptors (Lipinski definition) is 8. The number of ether oxygens (including phenoxy) is 1. The average molecular weight is 455 g/mol. The summed E-state index contributed by atoms with van der Waals surface area (Å²) in [5, 5.41) is 6.04. The Morgan fingerprint density at radius 3 is 2.59 bits per heavy atom. The molecule has 1 aliphatic heterocycles. The molecule has 1 saturated heterocycles. The lowest BCUT2D eigenvalue weighted by atomic mass is 10.1. The Balaban J connectivity index is 1.14. The summed E-state index contributed by atoms with van der Waals surface area (Å²) in [6.07, 6.45) is 1.11. The number of amides is 1. The molecule has 3 aromatic rings. The van der Waals surface area contributed by atoms with Gasteiger partial charge in [0.05, 0.1) is 18.0 Å². The Morgan fingerprint density at radius 1 is 1.12 bits per heavy atom. The number of piperazine rings is 1. The topological polar surface area (TPSA) is 88.8 Å². The van der Waals surface area contributed by atoms with Crippen molar-refractivity contribution in [3.05, 3.63) is 53.2 Å². The molecular weight excluding hydrogens is 428 g/mol. The van der Waals surface area contributed by atoms with Crippen molar-refractivity contribution in [1.29, 1.82) is 0 Å². The van der Waals surface area contributed by atoms with Crippen molar-refractivity contribution in [2.45, 2.75) is 26.3 Å². The van der Waals surface area contributed by atoms with Gasteiger partial charge in [0.15, 0.2) is 5.78 Å².